The van der Waals surface area contributed by atoms with Crippen LogP contribution < -0.4 is 0 Å². The Morgan fingerprint density at radius 2 is 1.58 bits per heavy atom. The van der Waals surface area contributed by atoms with Crippen LogP contribution in [0.2, 0.25) is 0 Å². The molecule has 2 fully saturated rings. The Morgan fingerprint density at radius 3 is 2.17 bits per heavy atom. The fraction of sp³-hybridized carbons (Fsp3) is 0.500. The molecule has 0 radical (unpaired) electrons. The van der Waals surface area contributed by atoms with Crippen LogP contribution in [0.15, 0.2) is 51.5 Å². The van der Waals surface area contributed by atoms with E-state index >= 15 is 0 Å². The van der Waals surface area contributed by atoms with Crippen molar-refractivity contribution in [2.75, 3.05) is 13.1 Å². The summed E-state index contributed by atoms with van der Waals surface area (Å²) in [5, 5.41) is 0. The summed E-state index contributed by atoms with van der Waals surface area (Å²) in [6.45, 7) is 7.21. The first kappa shape index (κ1) is 17.4. The summed E-state index contributed by atoms with van der Waals surface area (Å²) in [4.78, 5) is 0.399. The lowest BCUT2D eigenvalue weighted by Crippen LogP contribution is -2.28. The number of nitrogens with zero attached hydrogens (tertiary/aromatic N) is 1. The van der Waals surface area contributed by atoms with Crippen molar-refractivity contribution in [3.8, 4) is 0 Å². The highest BCUT2D eigenvalue weighted by molar-refractivity contribution is 7.89. The van der Waals surface area contributed by atoms with E-state index in [9.17, 15) is 8.42 Å². The number of aryl methyl sites for hydroxylation is 1. The summed E-state index contributed by atoms with van der Waals surface area (Å²) in [7, 11) is -3.43. The minimum absolute atomic E-state index is 0.399. The summed E-state index contributed by atoms with van der Waals surface area (Å²) in [5.41, 5.74) is 6.34. The summed E-state index contributed by atoms with van der Waals surface area (Å²) in [6, 6.07) is 7.17. The highest BCUT2D eigenvalue weighted by Gasteiger charge is 2.34. The minimum Gasteiger partial charge on any atom is -0.207 e. The molecule has 1 heterocycles. The first-order chi connectivity index (χ1) is 11.4. The molecular formula is C20H27NO2S. The number of allylic oxidation sites excluding steroid dienone is 2. The summed E-state index contributed by atoms with van der Waals surface area (Å²) in [6.07, 6.45) is 6.03. The topological polar surface area (TPSA) is 37.4 Å². The molecule has 3 rings (SSSR count). The maximum absolute atomic E-state index is 13.0. The lowest BCUT2D eigenvalue weighted by molar-refractivity contribution is 0.487. The molecular weight excluding hydrogens is 318 g/mol. The zero-order valence-electron chi connectivity index (χ0n) is 14.9. The predicted octanol–water partition coefficient (Wildman–Crippen LogP) is 4.60. The molecule has 0 bridgehead atoms. The average molecular weight is 346 g/mol. The van der Waals surface area contributed by atoms with Crippen molar-refractivity contribution >= 4 is 10.0 Å². The highest BCUT2D eigenvalue weighted by Crippen LogP contribution is 2.36. The van der Waals surface area contributed by atoms with Gasteiger partial charge in [-0.25, -0.2) is 8.42 Å². The van der Waals surface area contributed by atoms with E-state index in [1.54, 1.807) is 16.4 Å². The Hall–Kier alpha value is -1.39. The normalized spacial score (nSPS) is 19.9. The second-order valence-corrected chi connectivity index (χ2v) is 9.15. The number of rotatable bonds is 2. The largest absolute Gasteiger partial charge is 0.243 e. The van der Waals surface area contributed by atoms with Crippen LogP contribution >= 0.6 is 0 Å². The molecule has 1 saturated carbocycles. The van der Waals surface area contributed by atoms with Gasteiger partial charge in [0, 0.05) is 13.1 Å². The Kier molecular flexibility index (Phi) is 4.97. The first-order valence-corrected chi connectivity index (χ1v) is 10.3. The van der Waals surface area contributed by atoms with Gasteiger partial charge < -0.3 is 0 Å². The second kappa shape index (κ2) is 6.85. The zero-order chi connectivity index (χ0) is 17.3. The van der Waals surface area contributed by atoms with Crippen LogP contribution in [0.3, 0.4) is 0 Å². The third-order valence-electron chi connectivity index (χ3n) is 5.18. The second-order valence-electron chi connectivity index (χ2n) is 7.21. The van der Waals surface area contributed by atoms with Crippen molar-refractivity contribution in [1.29, 1.82) is 0 Å². The lowest BCUT2D eigenvalue weighted by Gasteiger charge is -2.18. The third-order valence-corrected chi connectivity index (χ3v) is 6.99. The predicted molar refractivity (Wildman–Crippen MR) is 98.4 cm³/mol. The molecule has 1 aliphatic heterocycles. The highest BCUT2D eigenvalue weighted by atomic mass is 32.2. The Balaban J connectivity index is 1.96. The van der Waals surface area contributed by atoms with Crippen molar-refractivity contribution in [3.05, 3.63) is 52.1 Å². The van der Waals surface area contributed by atoms with Crippen molar-refractivity contribution in [3.63, 3.8) is 0 Å². The van der Waals surface area contributed by atoms with Crippen LogP contribution in [0.25, 0.3) is 0 Å². The van der Waals surface area contributed by atoms with Crippen LogP contribution in [-0.2, 0) is 10.0 Å². The molecule has 0 N–H and O–H groups in total. The van der Waals surface area contributed by atoms with Gasteiger partial charge in [0.25, 0.3) is 0 Å². The Labute approximate surface area is 146 Å². The molecule has 3 nitrogen and oxygen atoms in total. The molecule has 2 aliphatic rings. The van der Waals surface area contributed by atoms with Crippen molar-refractivity contribution in [2.24, 2.45) is 0 Å². The van der Waals surface area contributed by atoms with E-state index in [0.29, 0.717) is 18.0 Å². The monoisotopic (exact) mass is 345 g/mol. The Morgan fingerprint density at radius 1 is 0.958 bits per heavy atom. The molecule has 0 spiro atoms. The van der Waals surface area contributed by atoms with Crippen LogP contribution in [0.1, 0.15) is 51.5 Å². The zero-order valence-corrected chi connectivity index (χ0v) is 15.7. The van der Waals surface area contributed by atoms with Gasteiger partial charge >= 0.3 is 0 Å². The van der Waals surface area contributed by atoms with Crippen LogP contribution in [0.4, 0.5) is 0 Å². The van der Waals surface area contributed by atoms with Gasteiger partial charge in [0.1, 0.15) is 0 Å². The molecule has 4 heteroatoms. The molecule has 0 atom stereocenters. The maximum atomic E-state index is 13.0. The van der Waals surface area contributed by atoms with Crippen molar-refractivity contribution in [2.45, 2.75) is 57.8 Å². The van der Waals surface area contributed by atoms with E-state index in [4.69, 9.17) is 0 Å². The molecule has 130 valence electrons. The standard InChI is InChI=1S/C20H27NO2S/c1-15(2)19-13-21(14-20(19)17-7-5-4-6-8-17)24(22,23)18-11-9-16(3)10-12-18/h9-12H,4-8,13-14H2,1-3H3. The maximum Gasteiger partial charge on any atom is 0.243 e. The summed E-state index contributed by atoms with van der Waals surface area (Å²) in [5.74, 6) is 0. The molecule has 1 saturated heterocycles. The summed E-state index contributed by atoms with van der Waals surface area (Å²) >= 11 is 0. The smallest absolute Gasteiger partial charge is 0.207 e. The van der Waals surface area contributed by atoms with Gasteiger partial charge in [-0.3, -0.25) is 0 Å². The van der Waals surface area contributed by atoms with Gasteiger partial charge in [-0.05, 0) is 69.7 Å². The number of hydrogen-bond acceptors (Lipinski definition) is 2. The molecule has 0 unspecified atom stereocenters. The molecule has 1 aromatic carbocycles. The van der Waals surface area contributed by atoms with Gasteiger partial charge in [0.2, 0.25) is 10.0 Å². The molecule has 1 aromatic rings. The fourth-order valence-corrected chi connectivity index (χ4v) is 5.07. The van der Waals surface area contributed by atoms with Gasteiger partial charge in [0.05, 0.1) is 4.90 Å². The quantitative estimate of drug-likeness (QED) is 0.786. The number of sulfonamides is 1. The molecule has 24 heavy (non-hydrogen) atoms. The summed E-state index contributed by atoms with van der Waals surface area (Å²) < 4.78 is 27.7. The van der Waals surface area contributed by atoms with E-state index in [1.807, 2.05) is 19.1 Å². The van der Waals surface area contributed by atoms with Crippen LogP contribution in [0.5, 0.6) is 0 Å². The SMILES string of the molecule is CC(C)=C1CN(S(=O)(=O)c2ccc(C)cc2)CC1=C1CCCCC1. The molecule has 0 amide bonds. The third kappa shape index (κ3) is 3.35. The van der Waals surface area contributed by atoms with Crippen LogP contribution in [-0.4, -0.2) is 25.8 Å². The van der Waals surface area contributed by atoms with Crippen LogP contribution in [0, 0.1) is 6.92 Å². The lowest BCUT2D eigenvalue weighted by atomic mass is 9.88. The van der Waals surface area contributed by atoms with E-state index < -0.39 is 10.0 Å². The van der Waals surface area contributed by atoms with Gasteiger partial charge in [0.15, 0.2) is 0 Å². The van der Waals surface area contributed by atoms with E-state index in [2.05, 4.69) is 13.8 Å². The van der Waals surface area contributed by atoms with E-state index in [0.717, 1.165) is 18.4 Å². The van der Waals surface area contributed by atoms with E-state index in [1.165, 1.54) is 41.6 Å². The first-order valence-electron chi connectivity index (χ1n) is 8.84. The van der Waals surface area contributed by atoms with Crippen molar-refractivity contribution in [1.82, 2.24) is 4.31 Å². The van der Waals surface area contributed by atoms with Gasteiger partial charge in [-0.15, -0.1) is 0 Å². The number of benzene rings is 1. The van der Waals surface area contributed by atoms with Gasteiger partial charge in [-0.1, -0.05) is 35.3 Å². The number of hydrogen-bond donors (Lipinski definition) is 0. The molecule has 1 aliphatic carbocycles. The molecule has 0 aromatic heterocycles. The van der Waals surface area contributed by atoms with Gasteiger partial charge in [-0.2, -0.15) is 4.31 Å². The minimum atomic E-state index is -3.43. The average Bonchev–Trinajstić information content (AvgIpc) is 3.02. The fourth-order valence-electron chi connectivity index (χ4n) is 3.69. The van der Waals surface area contributed by atoms with E-state index in [-0.39, 0.29) is 0 Å². The Bertz CT molecular complexity index is 773. The van der Waals surface area contributed by atoms with Crippen molar-refractivity contribution < 1.29 is 8.42 Å².